The van der Waals surface area contributed by atoms with E-state index in [-0.39, 0.29) is 17.0 Å². The minimum atomic E-state index is -3.93. The topological polar surface area (TPSA) is 139 Å². The van der Waals surface area contributed by atoms with Crippen LogP contribution in [0.3, 0.4) is 0 Å². The highest BCUT2D eigenvalue weighted by Gasteiger charge is 2.41. The molecule has 2 aromatic rings. The molecular weight excluding hydrogens is 442 g/mol. The fraction of sp³-hybridized carbons (Fsp3) is 0.450. The van der Waals surface area contributed by atoms with Crippen molar-refractivity contribution < 1.29 is 18.3 Å². The lowest BCUT2D eigenvalue weighted by Gasteiger charge is -2.28. The molecule has 4 N–H and O–H groups in total. The van der Waals surface area contributed by atoms with Gasteiger partial charge in [0, 0.05) is 23.3 Å². The smallest absolute Gasteiger partial charge is 0.407 e. The highest BCUT2D eigenvalue weighted by atomic mass is 35.5. The zero-order chi connectivity index (χ0) is 22.8. The fourth-order valence-electron chi connectivity index (χ4n) is 4.06. The predicted octanol–water partition coefficient (Wildman–Crippen LogP) is 3.49. The second kappa shape index (κ2) is 8.97. The van der Waals surface area contributed by atoms with Gasteiger partial charge >= 0.3 is 6.09 Å². The van der Waals surface area contributed by atoms with E-state index in [1.807, 2.05) is 13.8 Å². The minimum absolute atomic E-state index is 0.193. The molecule has 0 bridgehead atoms. The molecule has 1 unspecified atom stereocenters. The van der Waals surface area contributed by atoms with Crippen molar-refractivity contribution in [1.82, 2.24) is 14.9 Å². The number of hydrogen-bond donors (Lipinski definition) is 3. The molecule has 3 rings (SSSR count). The number of likely N-dealkylation sites (tertiary alicyclic amines) is 1. The maximum Gasteiger partial charge on any atom is 0.407 e. The Kier molecular flexibility index (Phi) is 6.73. The van der Waals surface area contributed by atoms with E-state index in [2.05, 4.69) is 15.3 Å². The average Bonchev–Trinajstić information content (AvgIpc) is 2.99. The van der Waals surface area contributed by atoms with E-state index in [0.29, 0.717) is 29.5 Å². The Labute approximate surface area is 186 Å². The van der Waals surface area contributed by atoms with Gasteiger partial charge in [-0.25, -0.2) is 23.3 Å². The third-order valence-corrected chi connectivity index (χ3v) is 6.54. The first-order valence-electron chi connectivity index (χ1n) is 9.84. The van der Waals surface area contributed by atoms with Crippen molar-refractivity contribution in [2.45, 2.75) is 49.7 Å². The normalized spacial score (nSPS) is 19.2. The molecule has 0 radical (unpaired) electrons. The predicted molar refractivity (Wildman–Crippen MR) is 117 cm³/mol. The van der Waals surface area contributed by atoms with Gasteiger partial charge in [0.25, 0.3) is 10.0 Å². The van der Waals surface area contributed by atoms with Crippen molar-refractivity contribution in [2.24, 2.45) is 11.1 Å². The van der Waals surface area contributed by atoms with Crippen molar-refractivity contribution in [3.05, 3.63) is 47.2 Å². The van der Waals surface area contributed by atoms with Crippen LogP contribution in [0.2, 0.25) is 5.02 Å². The van der Waals surface area contributed by atoms with E-state index in [9.17, 15) is 18.3 Å². The third kappa shape index (κ3) is 5.84. The Hall–Kier alpha value is -2.43. The Morgan fingerprint density at radius 1 is 1.42 bits per heavy atom. The number of primary sulfonamides is 1. The second-order valence-electron chi connectivity index (χ2n) is 8.36. The number of hydrogen-bond acceptors (Lipinski definition) is 6. The van der Waals surface area contributed by atoms with E-state index in [0.717, 1.165) is 12.8 Å². The molecule has 31 heavy (non-hydrogen) atoms. The SMILES string of the molecule is CC1(C)C[C@H](CCC(Nc2cccc(S(N)(=O)=O)n2)c2cc(Cl)ccn2)CN1C(=O)O. The first-order chi connectivity index (χ1) is 14.5. The Bertz CT molecular complexity index is 1060. The van der Waals surface area contributed by atoms with Crippen LogP contribution < -0.4 is 10.5 Å². The van der Waals surface area contributed by atoms with Crippen molar-refractivity contribution in [2.75, 3.05) is 11.9 Å². The number of carbonyl (C=O) groups is 1. The highest BCUT2D eigenvalue weighted by molar-refractivity contribution is 7.89. The summed E-state index contributed by atoms with van der Waals surface area (Å²) in [6.45, 7) is 4.33. The average molecular weight is 468 g/mol. The van der Waals surface area contributed by atoms with Crippen LogP contribution in [-0.4, -0.2) is 46.6 Å². The standard InChI is InChI=1S/C20H26ClN5O4S/c1-20(2)11-13(12-26(20)19(27)28)6-7-15(16-10-14(21)8-9-23-16)24-17-4-3-5-18(25-17)31(22,29)30/h3-5,8-10,13,15H,6-7,11-12H2,1-2H3,(H,24,25)(H,27,28)(H2,22,29,30)/t13-,15?/m0/s1. The van der Waals surface area contributed by atoms with Crippen LogP contribution in [0.5, 0.6) is 0 Å². The molecule has 0 saturated carbocycles. The summed E-state index contributed by atoms with van der Waals surface area (Å²) >= 11 is 6.14. The monoisotopic (exact) mass is 467 g/mol. The number of nitrogens with one attached hydrogen (secondary N) is 1. The van der Waals surface area contributed by atoms with Gasteiger partial charge in [0.05, 0.1) is 11.7 Å². The van der Waals surface area contributed by atoms with Gasteiger partial charge in [-0.2, -0.15) is 0 Å². The van der Waals surface area contributed by atoms with Crippen molar-refractivity contribution in [1.29, 1.82) is 0 Å². The third-order valence-electron chi connectivity index (χ3n) is 5.49. The van der Waals surface area contributed by atoms with Crippen LogP contribution in [-0.2, 0) is 10.0 Å². The number of aromatic nitrogens is 2. The minimum Gasteiger partial charge on any atom is -0.465 e. The molecule has 0 aliphatic carbocycles. The molecule has 1 aliphatic rings. The molecule has 1 aliphatic heterocycles. The van der Waals surface area contributed by atoms with Crippen LogP contribution in [0.4, 0.5) is 10.6 Å². The van der Waals surface area contributed by atoms with Gasteiger partial charge in [-0.3, -0.25) is 4.98 Å². The molecule has 1 saturated heterocycles. The molecular formula is C20H26ClN5O4S. The number of halogens is 1. The fourth-order valence-corrected chi connectivity index (χ4v) is 4.72. The molecule has 1 amide bonds. The van der Waals surface area contributed by atoms with Gasteiger partial charge < -0.3 is 15.3 Å². The summed E-state index contributed by atoms with van der Waals surface area (Å²) in [6, 6.07) is 7.65. The van der Waals surface area contributed by atoms with Gasteiger partial charge in [-0.15, -0.1) is 0 Å². The first kappa shape index (κ1) is 23.2. The number of rotatable bonds is 7. The van der Waals surface area contributed by atoms with Crippen LogP contribution in [0.1, 0.15) is 44.8 Å². The Morgan fingerprint density at radius 3 is 2.77 bits per heavy atom. The molecule has 0 spiro atoms. The molecule has 9 nitrogen and oxygen atoms in total. The van der Waals surface area contributed by atoms with Crippen LogP contribution in [0, 0.1) is 5.92 Å². The zero-order valence-corrected chi connectivity index (χ0v) is 18.9. The number of amides is 1. The molecule has 3 heterocycles. The first-order valence-corrected chi connectivity index (χ1v) is 11.8. The summed E-state index contributed by atoms with van der Waals surface area (Å²) in [4.78, 5) is 21.5. The lowest BCUT2D eigenvalue weighted by molar-refractivity contribution is 0.117. The van der Waals surface area contributed by atoms with Crippen molar-refractivity contribution in [3.63, 3.8) is 0 Å². The Balaban J connectivity index is 1.79. The number of nitrogens with zero attached hydrogens (tertiary/aromatic N) is 3. The molecule has 2 aromatic heterocycles. The maximum absolute atomic E-state index is 11.6. The van der Waals surface area contributed by atoms with Crippen LogP contribution in [0.25, 0.3) is 0 Å². The number of carboxylic acid groups (broad SMARTS) is 1. The van der Waals surface area contributed by atoms with E-state index < -0.39 is 21.7 Å². The lowest BCUT2D eigenvalue weighted by atomic mass is 9.91. The van der Waals surface area contributed by atoms with Gasteiger partial charge in [-0.1, -0.05) is 17.7 Å². The molecule has 168 valence electrons. The molecule has 0 aromatic carbocycles. The number of sulfonamides is 1. The maximum atomic E-state index is 11.6. The quantitative estimate of drug-likeness (QED) is 0.566. The zero-order valence-electron chi connectivity index (χ0n) is 17.3. The highest BCUT2D eigenvalue weighted by Crippen LogP contribution is 2.36. The van der Waals surface area contributed by atoms with E-state index >= 15 is 0 Å². The van der Waals surface area contributed by atoms with Crippen LogP contribution >= 0.6 is 11.6 Å². The number of pyridine rings is 2. The number of anilines is 1. The van der Waals surface area contributed by atoms with Crippen LogP contribution in [0.15, 0.2) is 41.6 Å². The van der Waals surface area contributed by atoms with E-state index in [4.69, 9.17) is 16.7 Å². The summed E-state index contributed by atoms with van der Waals surface area (Å²) in [5.41, 5.74) is 0.265. The van der Waals surface area contributed by atoms with Gasteiger partial charge in [-0.05, 0) is 63.3 Å². The largest absolute Gasteiger partial charge is 0.465 e. The summed E-state index contributed by atoms with van der Waals surface area (Å²) in [5.74, 6) is 0.538. The summed E-state index contributed by atoms with van der Waals surface area (Å²) in [5, 5.41) is 18.2. The van der Waals surface area contributed by atoms with E-state index in [1.54, 1.807) is 30.5 Å². The van der Waals surface area contributed by atoms with Crippen molar-refractivity contribution >= 4 is 33.5 Å². The lowest BCUT2D eigenvalue weighted by Crippen LogP contribution is -2.41. The van der Waals surface area contributed by atoms with Gasteiger partial charge in [0.15, 0.2) is 5.03 Å². The molecule has 2 atom stereocenters. The van der Waals surface area contributed by atoms with Crippen molar-refractivity contribution in [3.8, 4) is 0 Å². The molecule has 11 heteroatoms. The second-order valence-corrected chi connectivity index (χ2v) is 10.3. The Morgan fingerprint density at radius 2 is 2.16 bits per heavy atom. The summed E-state index contributed by atoms with van der Waals surface area (Å²) in [6.07, 6.45) is 2.82. The van der Waals surface area contributed by atoms with E-state index in [1.165, 1.54) is 11.0 Å². The summed E-state index contributed by atoms with van der Waals surface area (Å²) in [7, 11) is -3.93. The molecule has 1 fully saturated rings. The van der Waals surface area contributed by atoms with Gasteiger partial charge in [0.1, 0.15) is 5.82 Å². The van der Waals surface area contributed by atoms with Gasteiger partial charge in [0.2, 0.25) is 0 Å². The summed E-state index contributed by atoms with van der Waals surface area (Å²) < 4.78 is 23.3. The number of nitrogens with two attached hydrogens (primary N) is 1.